The number of rotatable bonds is 3. The maximum Gasteiger partial charge on any atom is 0.268 e. The van der Waals surface area contributed by atoms with Crippen molar-refractivity contribution >= 4 is 15.9 Å². The van der Waals surface area contributed by atoms with Gasteiger partial charge in [0.2, 0.25) is 0 Å². The summed E-state index contributed by atoms with van der Waals surface area (Å²) in [7, 11) is 0. The van der Waals surface area contributed by atoms with Crippen molar-refractivity contribution in [1.29, 1.82) is 0 Å². The van der Waals surface area contributed by atoms with E-state index in [2.05, 4.69) is 15.9 Å². The Bertz CT molecular complexity index is 548. The van der Waals surface area contributed by atoms with E-state index in [1.54, 1.807) is 13.0 Å². The van der Waals surface area contributed by atoms with Crippen LogP contribution in [0.1, 0.15) is 13.8 Å². The molecule has 1 aliphatic rings. The number of nitro groups is 1. The fourth-order valence-electron chi connectivity index (χ4n) is 1.98. The highest BCUT2D eigenvalue weighted by Gasteiger charge is 2.28. The van der Waals surface area contributed by atoms with Crippen LogP contribution in [0.5, 0.6) is 5.75 Å². The zero-order valence-electron chi connectivity index (χ0n) is 10.7. The molecule has 0 amide bonds. The summed E-state index contributed by atoms with van der Waals surface area (Å²) < 4.78 is 6.84. The van der Waals surface area contributed by atoms with Crippen LogP contribution >= 0.6 is 15.9 Å². The molecule has 0 saturated carbocycles. The molecule has 0 aromatic heterocycles. The number of halogens is 1. The molecule has 100 valence electrons. The minimum Gasteiger partial charge on any atom is -0.486 e. The van der Waals surface area contributed by atoms with E-state index in [4.69, 9.17) is 4.74 Å². The Kier molecular flexibility index (Phi) is 4.04. The molecule has 1 aliphatic carbocycles. The Morgan fingerprint density at radius 3 is 2.53 bits per heavy atom. The van der Waals surface area contributed by atoms with Crippen molar-refractivity contribution in [1.82, 2.24) is 0 Å². The maximum atomic E-state index is 10.9. The van der Waals surface area contributed by atoms with Crippen LogP contribution in [0, 0.1) is 16.0 Å². The molecule has 0 saturated heterocycles. The largest absolute Gasteiger partial charge is 0.486 e. The van der Waals surface area contributed by atoms with Crippen molar-refractivity contribution in [2.24, 2.45) is 5.92 Å². The van der Waals surface area contributed by atoms with Gasteiger partial charge in [-0.1, -0.05) is 22.9 Å². The first-order valence-electron chi connectivity index (χ1n) is 5.94. The Balaban J connectivity index is 2.15. The molecule has 0 aliphatic heterocycles. The van der Waals surface area contributed by atoms with Crippen molar-refractivity contribution in [2.75, 3.05) is 0 Å². The van der Waals surface area contributed by atoms with Crippen LogP contribution in [0.4, 0.5) is 0 Å². The second-order valence-electron chi connectivity index (χ2n) is 4.51. The van der Waals surface area contributed by atoms with Crippen molar-refractivity contribution in [3.63, 3.8) is 0 Å². The highest BCUT2D eigenvalue weighted by atomic mass is 79.9. The molecule has 19 heavy (non-hydrogen) atoms. The molecule has 0 bridgehead atoms. The van der Waals surface area contributed by atoms with Gasteiger partial charge in [-0.3, -0.25) is 10.1 Å². The molecule has 1 aromatic carbocycles. The second kappa shape index (κ2) is 5.57. The maximum absolute atomic E-state index is 10.9. The lowest BCUT2D eigenvalue weighted by Gasteiger charge is -2.25. The zero-order chi connectivity index (χ0) is 14.0. The van der Waals surface area contributed by atoms with Crippen LogP contribution in [0.15, 0.2) is 52.2 Å². The topological polar surface area (TPSA) is 52.4 Å². The van der Waals surface area contributed by atoms with Crippen LogP contribution in [-0.2, 0) is 0 Å². The summed E-state index contributed by atoms with van der Waals surface area (Å²) in [4.78, 5) is 10.5. The van der Waals surface area contributed by atoms with Gasteiger partial charge in [0.15, 0.2) is 0 Å². The molecule has 0 N–H and O–H groups in total. The van der Waals surface area contributed by atoms with Gasteiger partial charge in [-0.25, -0.2) is 0 Å². The number of hydrogen-bond acceptors (Lipinski definition) is 3. The monoisotopic (exact) mass is 323 g/mol. The summed E-state index contributed by atoms with van der Waals surface area (Å²) in [5.74, 6) is 0.732. The number of nitrogens with zero attached hydrogens (tertiary/aromatic N) is 1. The Hall–Kier alpha value is -1.62. The third kappa shape index (κ3) is 3.04. The van der Waals surface area contributed by atoms with Gasteiger partial charge in [-0.15, -0.1) is 0 Å². The Labute approximate surface area is 120 Å². The van der Waals surface area contributed by atoms with Gasteiger partial charge in [0.05, 0.1) is 4.92 Å². The highest BCUT2D eigenvalue weighted by molar-refractivity contribution is 9.10. The van der Waals surface area contributed by atoms with Crippen LogP contribution in [0.25, 0.3) is 0 Å². The number of ether oxygens (including phenoxy) is 1. The van der Waals surface area contributed by atoms with E-state index in [-0.39, 0.29) is 22.6 Å². The third-order valence-electron chi connectivity index (χ3n) is 3.31. The molecule has 2 unspecified atom stereocenters. The van der Waals surface area contributed by atoms with Gasteiger partial charge in [0.1, 0.15) is 11.9 Å². The van der Waals surface area contributed by atoms with E-state index in [1.165, 1.54) is 6.08 Å². The van der Waals surface area contributed by atoms with Gasteiger partial charge in [0, 0.05) is 22.0 Å². The molecule has 0 radical (unpaired) electrons. The minimum atomic E-state index is -0.349. The predicted octanol–water partition coefficient (Wildman–Crippen LogP) is 3.95. The predicted molar refractivity (Wildman–Crippen MR) is 76.6 cm³/mol. The third-order valence-corrected chi connectivity index (χ3v) is 3.83. The van der Waals surface area contributed by atoms with Gasteiger partial charge < -0.3 is 4.74 Å². The first-order valence-corrected chi connectivity index (χ1v) is 6.74. The quantitative estimate of drug-likeness (QED) is 0.625. The number of hydrogen-bond donors (Lipinski definition) is 0. The molecule has 1 aromatic rings. The first kappa shape index (κ1) is 13.8. The average Bonchev–Trinajstić information content (AvgIpc) is 2.37. The van der Waals surface area contributed by atoms with Gasteiger partial charge in [-0.05, 0) is 37.3 Å². The Morgan fingerprint density at radius 2 is 1.95 bits per heavy atom. The summed E-state index contributed by atoms with van der Waals surface area (Å²) in [6, 6.07) is 7.54. The molecular weight excluding hydrogens is 310 g/mol. The van der Waals surface area contributed by atoms with Crippen LogP contribution < -0.4 is 4.74 Å². The average molecular weight is 324 g/mol. The second-order valence-corrected chi connectivity index (χ2v) is 5.43. The summed E-state index contributed by atoms with van der Waals surface area (Å²) in [6.07, 6.45) is 3.10. The molecule has 0 fully saturated rings. The molecule has 0 heterocycles. The van der Waals surface area contributed by atoms with E-state index in [1.807, 2.05) is 31.2 Å². The summed E-state index contributed by atoms with van der Waals surface area (Å²) in [6.45, 7) is 3.72. The Morgan fingerprint density at radius 1 is 1.32 bits per heavy atom. The van der Waals surface area contributed by atoms with Crippen molar-refractivity contribution < 1.29 is 9.66 Å². The summed E-state index contributed by atoms with van der Waals surface area (Å²) in [5, 5.41) is 10.9. The van der Waals surface area contributed by atoms with E-state index in [0.717, 1.165) is 15.8 Å². The molecular formula is C14H14BrNO3. The molecule has 2 rings (SSSR count). The fraction of sp³-hybridized carbons (Fsp3) is 0.286. The lowest BCUT2D eigenvalue weighted by atomic mass is 9.90. The molecule has 0 spiro atoms. The number of benzene rings is 1. The minimum absolute atomic E-state index is 0.0194. The lowest BCUT2D eigenvalue weighted by Crippen LogP contribution is -2.27. The zero-order valence-corrected chi connectivity index (χ0v) is 12.3. The van der Waals surface area contributed by atoms with Gasteiger partial charge in [-0.2, -0.15) is 0 Å². The van der Waals surface area contributed by atoms with Gasteiger partial charge in [0.25, 0.3) is 5.70 Å². The number of allylic oxidation sites excluding steroid dienone is 1. The normalized spacial score (nSPS) is 22.5. The smallest absolute Gasteiger partial charge is 0.268 e. The SMILES string of the molecule is CC1=C([N+](=O)[O-])C=CC(Oc2ccc(Br)cc2)C1C. The molecule has 2 atom stereocenters. The lowest BCUT2D eigenvalue weighted by molar-refractivity contribution is -0.421. The van der Waals surface area contributed by atoms with Gasteiger partial charge >= 0.3 is 0 Å². The van der Waals surface area contributed by atoms with E-state index < -0.39 is 0 Å². The molecule has 4 nitrogen and oxygen atoms in total. The van der Waals surface area contributed by atoms with E-state index in [0.29, 0.717) is 0 Å². The van der Waals surface area contributed by atoms with Crippen molar-refractivity contribution in [2.45, 2.75) is 20.0 Å². The first-order chi connectivity index (χ1) is 8.99. The fourth-order valence-corrected chi connectivity index (χ4v) is 2.24. The van der Waals surface area contributed by atoms with Crippen LogP contribution in [-0.4, -0.2) is 11.0 Å². The van der Waals surface area contributed by atoms with Crippen LogP contribution in [0.2, 0.25) is 0 Å². The molecule has 5 heteroatoms. The summed E-state index contributed by atoms with van der Waals surface area (Å²) in [5.41, 5.74) is 0.915. The van der Waals surface area contributed by atoms with Crippen LogP contribution in [0.3, 0.4) is 0 Å². The van der Waals surface area contributed by atoms with Crippen molar-refractivity contribution in [3.8, 4) is 5.75 Å². The van der Waals surface area contributed by atoms with Crippen molar-refractivity contribution in [3.05, 3.63) is 62.3 Å². The van der Waals surface area contributed by atoms with E-state index in [9.17, 15) is 10.1 Å². The highest BCUT2D eigenvalue weighted by Crippen LogP contribution is 2.29. The standard InChI is InChI=1S/C14H14BrNO3/c1-9-10(2)14(8-7-13(9)16(17)18)19-12-5-3-11(15)4-6-12/h3-8,10,14H,1-2H3. The van der Waals surface area contributed by atoms with E-state index >= 15 is 0 Å². The summed E-state index contributed by atoms with van der Waals surface area (Å²) >= 11 is 3.36.